The van der Waals surface area contributed by atoms with Gasteiger partial charge in [-0.3, -0.25) is 0 Å². The normalized spacial score (nSPS) is 14.6. The van der Waals surface area contributed by atoms with E-state index in [4.69, 9.17) is 11.6 Å². The van der Waals surface area contributed by atoms with Crippen LogP contribution in [0.25, 0.3) is 0 Å². The predicted molar refractivity (Wildman–Crippen MR) is 68.6 cm³/mol. The third kappa shape index (κ3) is 5.02. The maximum absolute atomic E-state index is 13.4. The first kappa shape index (κ1) is 14.4. The van der Waals surface area contributed by atoms with Crippen LogP contribution in [0.3, 0.4) is 0 Å². The standard InChI is InChI=1S/C13H19ClFNO/c1-3-6-13(2,17)9-16-8-10-4-5-11(14)7-12(10)15/h4-5,7,16-17H,3,6,8-9H2,1-2H3. The Kier molecular flexibility index (Phi) is 5.37. The molecule has 0 aromatic heterocycles. The minimum absolute atomic E-state index is 0.319. The van der Waals surface area contributed by atoms with E-state index < -0.39 is 5.60 Å². The molecule has 1 atom stereocenters. The molecule has 2 N–H and O–H groups in total. The molecule has 1 aromatic rings. The molecule has 0 saturated heterocycles. The third-order valence-corrected chi connectivity index (χ3v) is 2.86. The Bertz CT molecular complexity index is 368. The molecule has 96 valence electrons. The average molecular weight is 260 g/mol. The maximum atomic E-state index is 13.4. The van der Waals surface area contributed by atoms with Crippen LogP contribution in [0.15, 0.2) is 18.2 Å². The van der Waals surface area contributed by atoms with E-state index in [0.717, 1.165) is 12.8 Å². The van der Waals surface area contributed by atoms with Crippen molar-refractivity contribution in [3.05, 3.63) is 34.6 Å². The number of hydrogen-bond donors (Lipinski definition) is 2. The van der Waals surface area contributed by atoms with Gasteiger partial charge in [0.15, 0.2) is 0 Å². The van der Waals surface area contributed by atoms with Crippen molar-refractivity contribution in [3.63, 3.8) is 0 Å². The highest BCUT2D eigenvalue weighted by molar-refractivity contribution is 6.30. The molecular weight excluding hydrogens is 241 g/mol. The van der Waals surface area contributed by atoms with Gasteiger partial charge in [0.25, 0.3) is 0 Å². The van der Waals surface area contributed by atoms with Crippen LogP contribution in [0.5, 0.6) is 0 Å². The number of hydrogen-bond acceptors (Lipinski definition) is 2. The fraction of sp³-hybridized carbons (Fsp3) is 0.538. The van der Waals surface area contributed by atoms with Crippen LogP contribution in [-0.2, 0) is 6.54 Å². The van der Waals surface area contributed by atoms with Crippen molar-refractivity contribution in [3.8, 4) is 0 Å². The van der Waals surface area contributed by atoms with Gasteiger partial charge in [0.05, 0.1) is 5.60 Å². The Morgan fingerprint density at radius 3 is 2.76 bits per heavy atom. The van der Waals surface area contributed by atoms with Crippen molar-refractivity contribution >= 4 is 11.6 Å². The summed E-state index contributed by atoms with van der Waals surface area (Å²) in [5, 5.41) is 13.4. The lowest BCUT2D eigenvalue weighted by atomic mass is 10.0. The topological polar surface area (TPSA) is 32.3 Å². The highest BCUT2D eigenvalue weighted by atomic mass is 35.5. The highest BCUT2D eigenvalue weighted by Gasteiger charge is 2.18. The second-order valence-corrected chi connectivity index (χ2v) is 5.02. The van der Waals surface area contributed by atoms with E-state index in [0.29, 0.717) is 23.7 Å². The monoisotopic (exact) mass is 259 g/mol. The molecule has 0 aliphatic rings. The predicted octanol–water partition coefficient (Wildman–Crippen LogP) is 3.12. The molecule has 2 nitrogen and oxygen atoms in total. The van der Waals surface area contributed by atoms with Crippen LogP contribution in [0.2, 0.25) is 5.02 Å². The zero-order valence-corrected chi connectivity index (χ0v) is 11.0. The molecule has 17 heavy (non-hydrogen) atoms. The number of halogens is 2. The van der Waals surface area contributed by atoms with E-state index >= 15 is 0 Å². The Balaban J connectivity index is 2.46. The second kappa shape index (κ2) is 6.34. The lowest BCUT2D eigenvalue weighted by Crippen LogP contribution is -2.37. The molecule has 0 bridgehead atoms. The zero-order valence-electron chi connectivity index (χ0n) is 10.3. The molecule has 0 heterocycles. The van der Waals surface area contributed by atoms with E-state index in [1.54, 1.807) is 19.1 Å². The summed E-state index contributed by atoms with van der Waals surface area (Å²) < 4.78 is 13.4. The Morgan fingerprint density at radius 1 is 1.47 bits per heavy atom. The van der Waals surface area contributed by atoms with Crippen LogP contribution in [-0.4, -0.2) is 17.3 Å². The first-order chi connectivity index (χ1) is 7.94. The quantitative estimate of drug-likeness (QED) is 0.823. The highest BCUT2D eigenvalue weighted by Crippen LogP contribution is 2.15. The molecule has 1 rings (SSSR count). The molecule has 0 aliphatic carbocycles. The van der Waals surface area contributed by atoms with Gasteiger partial charge in [-0.15, -0.1) is 0 Å². The maximum Gasteiger partial charge on any atom is 0.129 e. The fourth-order valence-corrected chi connectivity index (χ4v) is 1.92. The summed E-state index contributed by atoms with van der Waals surface area (Å²) in [6.07, 6.45) is 1.65. The summed E-state index contributed by atoms with van der Waals surface area (Å²) in [5.74, 6) is -0.319. The minimum Gasteiger partial charge on any atom is -0.389 e. The van der Waals surface area contributed by atoms with Gasteiger partial charge in [0, 0.05) is 23.7 Å². The van der Waals surface area contributed by atoms with Crippen molar-refractivity contribution < 1.29 is 9.50 Å². The van der Waals surface area contributed by atoms with Crippen LogP contribution < -0.4 is 5.32 Å². The van der Waals surface area contributed by atoms with E-state index in [9.17, 15) is 9.50 Å². The first-order valence-electron chi connectivity index (χ1n) is 5.81. The molecular formula is C13H19ClFNO. The fourth-order valence-electron chi connectivity index (χ4n) is 1.76. The van der Waals surface area contributed by atoms with Crippen molar-refractivity contribution in [2.45, 2.75) is 38.8 Å². The van der Waals surface area contributed by atoms with Gasteiger partial charge < -0.3 is 10.4 Å². The van der Waals surface area contributed by atoms with Crippen molar-refractivity contribution in [1.29, 1.82) is 0 Å². The van der Waals surface area contributed by atoms with Gasteiger partial charge in [0.2, 0.25) is 0 Å². The second-order valence-electron chi connectivity index (χ2n) is 4.59. The largest absolute Gasteiger partial charge is 0.389 e. The summed E-state index contributed by atoms with van der Waals surface area (Å²) in [6.45, 7) is 4.64. The van der Waals surface area contributed by atoms with Gasteiger partial charge in [0.1, 0.15) is 5.82 Å². The molecule has 0 radical (unpaired) electrons. The molecule has 1 aromatic carbocycles. The molecule has 0 aliphatic heterocycles. The lowest BCUT2D eigenvalue weighted by Gasteiger charge is -2.23. The van der Waals surface area contributed by atoms with Crippen molar-refractivity contribution in [2.75, 3.05) is 6.54 Å². The molecule has 0 fully saturated rings. The number of benzene rings is 1. The SMILES string of the molecule is CCCC(C)(O)CNCc1ccc(Cl)cc1F. The minimum atomic E-state index is -0.738. The smallest absolute Gasteiger partial charge is 0.129 e. The van der Waals surface area contributed by atoms with Gasteiger partial charge in [-0.2, -0.15) is 0 Å². The number of aliphatic hydroxyl groups is 1. The van der Waals surface area contributed by atoms with Crippen LogP contribution in [0.4, 0.5) is 4.39 Å². The molecule has 4 heteroatoms. The summed E-state index contributed by atoms with van der Waals surface area (Å²) in [4.78, 5) is 0. The van der Waals surface area contributed by atoms with Crippen LogP contribution >= 0.6 is 11.6 Å². The summed E-state index contributed by atoms with van der Waals surface area (Å²) >= 11 is 5.66. The molecule has 0 amide bonds. The summed E-state index contributed by atoms with van der Waals surface area (Å²) in [6, 6.07) is 4.60. The third-order valence-electron chi connectivity index (χ3n) is 2.62. The Morgan fingerprint density at radius 2 is 2.18 bits per heavy atom. The zero-order chi connectivity index (χ0) is 12.9. The Labute approximate surface area is 107 Å². The van der Waals surface area contributed by atoms with E-state index in [1.807, 2.05) is 6.92 Å². The Hall–Kier alpha value is -0.640. The van der Waals surface area contributed by atoms with E-state index in [1.165, 1.54) is 6.07 Å². The molecule has 0 spiro atoms. The summed E-state index contributed by atoms with van der Waals surface area (Å²) in [5.41, 5.74) is -0.181. The van der Waals surface area contributed by atoms with Crippen LogP contribution in [0.1, 0.15) is 32.3 Å². The molecule has 1 unspecified atom stereocenters. The van der Waals surface area contributed by atoms with Crippen molar-refractivity contribution in [2.24, 2.45) is 0 Å². The van der Waals surface area contributed by atoms with Crippen molar-refractivity contribution in [1.82, 2.24) is 5.32 Å². The lowest BCUT2D eigenvalue weighted by molar-refractivity contribution is 0.0497. The molecule has 0 saturated carbocycles. The van der Waals surface area contributed by atoms with E-state index in [2.05, 4.69) is 5.32 Å². The first-order valence-corrected chi connectivity index (χ1v) is 6.19. The van der Waals surface area contributed by atoms with Crippen LogP contribution in [0, 0.1) is 5.82 Å². The number of rotatable bonds is 6. The number of nitrogens with one attached hydrogen (secondary N) is 1. The van der Waals surface area contributed by atoms with Gasteiger partial charge in [-0.05, 0) is 25.5 Å². The van der Waals surface area contributed by atoms with Gasteiger partial charge >= 0.3 is 0 Å². The summed E-state index contributed by atoms with van der Waals surface area (Å²) in [7, 11) is 0. The average Bonchev–Trinajstić information content (AvgIpc) is 2.21. The van der Waals surface area contributed by atoms with Gasteiger partial charge in [-0.1, -0.05) is 31.0 Å². The van der Waals surface area contributed by atoms with E-state index in [-0.39, 0.29) is 5.82 Å². The van der Waals surface area contributed by atoms with Gasteiger partial charge in [-0.25, -0.2) is 4.39 Å².